The first-order valence-electron chi connectivity index (χ1n) is 14.9. The Balaban J connectivity index is 1.21. The molecule has 46 heavy (non-hydrogen) atoms. The fraction of sp³-hybridized carbons (Fsp3) is 0.353. The molecule has 3 aromatic carbocycles. The van der Waals surface area contributed by atoms with Crippen molar-refractivity contribution >= 4 is 16.9 Å². The molecule has 12 nitrogen and oxygen atoms in total. The summed E-state index contributed by atoms with van der Waals surface area (Å²) in [6.45, 7) is 3.06. The summed E-state index contributed by atoms with van der Waals surface area (Å²) in [6, 6.07) is 14.8. The molecule has 0 saturated carbocycles. The Labute approximate surface area is 265 Å². The van der Waals surface area contributed by atoms with Crippen LogP contribution in [0.15, 0.2) is 48.5 Å². The van der Waals surface area contributed by atoms with E-state index in [2.05, 4.69) is 0 Å². The van der Waals surface area contributed by atoms with Crippen molar-refractivity contribution in [2.75, 3.05) is 67.1 Å². The smallest absolute Gasteiger partial charge is 0.341 e. The highest BCUT2D eigenvalue weighted by Gasteiger charge is 2.30. The average molecular weight is 634 g/mol. The van der Waals surface area contributed by atoms with Crippen LogP contribution in [0.1, 0.15) is 21.6 Å². The van der Waals surface area contributed by atoms with E-state index < -0.39 is 5.97 Å². The minimum atomic E-state index is -0.425. The van der Waals surface area contributed by atoms with Crippen LogP contribution >= 0.6 is 0 Å². The number of hydrogen-bond acceptors (Lipinski definition) is 12. The molecule has 0 saturated heterocycles. The SMILES string of the molecule is COc1cc(COc2cc3nc4c(c(-c5ccc6c(c5)OCCO6)c3cc2OC)C(=O)OC4)ccc1OCCOCCOCCO. The summed E-state index contributed by atoms with van der Waals surface area (Å²) in [7, 11) is 3.14. The van der Waals surface area contributed by atoms with Crippen molar-refractivity contribution in [2.24, 2.45) is 0 Å². The van der Waals surface area contributed by atoms with E-state index in [-0.39, 0.29) is 19.8 Å². The van der Waals surface area contributed by atoms with Gasteiger partial charge in [0.1, 0.15) is 33.0 Å². The van der Waals surface area contributed by atoms with Gasteiger partial charge >= 0.3 is 5.97 Å². The fourth-order valence-corrected chi connectivity index (χ4v) is 5.30. The second-order valence-corrected chi connectivity index (χ2v) is 10.3. The van der Waals surface area contributed by atoms with Crippen LogP contribution < -0.4 is 28.4 Å². The van der Waals surface area contributed by atoms with Crippen LogP contribution in [-0.4, -0.2) is 83.1 Å². The quantitative estimate of drug-likeness (QED) is 0.147. The molecule has 0 radical (unpaired) electrons. The van der Waals surface area contributed by atoms with Crippen molar-refractivity contribution in [2.45, 2.75) is 13.2 Å². The molecule has 0 aliphatic carbocycles. The van der Waals surface area contributed by atoms with Gasteiger partial charge in [-0.15, -0.1) is 0 Å². The number of ether oxygens (including phenoxy) is 9. The average Bonchev–Trinajstić information content (AvgIpc) is 3.46. The highest BCUT2D eigenvalue weighted by molar-refractivity contribution is 6.09. The zero-order chi connectivity index (χ0) is 31.9. The van der Waals surface area contributed by atoms with Gasteiger partial charge in [-0.2, -0.15) is 0 Å². The molecule has 0 fully saturated rings. The maximum absolute atomic E-state index is 12.9. The summed E-state index contributed by atoms with van der Waals surface area (Å²) >= 11 is 0. The molecule has 6 rings (SSSR count). The largest absolute Gasteiger partial charge is 0.493 e. The molecule has 0 amide bonds. The van der Waals surface area contributed by atoms with Crippen LogP contribution in [0, 0.1) is 0 Å². The molecule has 4 aromatic rings. The predicted molar refractivity (Wildman–Crippen MR) is 165 cm³/mol. The number of nitrogens with zero attached hydrogens (tertiary/aromatic N) is 1. The van der Waals surface area contributed by atoms with Crippen molar-refractivity contribution in [1.29, 1.82) is 0 Å². The highest BCUT2D eigenvalue weighted by Crippen LogP contribution is 2.43. The van der Waals surface area contributed by atoms with Crippen molar-refractivity contribution in [3.63, 3.8) is 0 Å². The van der Waals surface area contributed by atoms with E-state index >= 15 is 0 Å². The molecular weight excluding hydrogens is 598 g/mol. The van der Waals surface area contributed by atoms with Gasteiger partial charge in [0.15, 0.2) is 34.5 Å². The predicted octanol–water partition coefficient (Wildman–Crippen LogP) is 4.34. The second kappa shape index (κ2) is 14.5. The van der Waals surface area contributed by atoms with E-state index in [1.54, 1.807) is 14.2 Å². The molecule has 2 aliphatic rings. The van der Waals surface area contributed by atoms with Gasteiger partial charge in [0.2, 0.25) is 0 Å². The van der Waals surface area contributed by atoms with Crippen LogP contribution in [-0.2, 0) is 27.4 Å². The van der Waals surface area contributed by atoms with Gasteiger partial charge in [-0.3, -0.25) is 0 Å². The van der Waals surface area contributed by atoms with Gasteiger partial charge in [0.25, 0.3) is 0 Å². The van der Waals surface area contributed by atoms with Crippen molar-refractivity contribution in [3.05, 3.63) is 65.4 Å². The summed E-state index contributed by atoms with van der Waals surface area (Å²) in [4.78, 5) is 17.6. The summed E-state index contributed by atoms with van der Waals surface area (Å²) in [5.41, 5.74) is 3.91. The van der Waals surface area contributed by atoms with Crippen molar-refractivity contribution in [1.82, 2.24) is 4.98 Å². The van der Waals surface area contributed by atoms with Gasteiger partial charge < -0.3 is 47.7 Å². The number of cyclic esters (lactones) is 1. The van der Waals surface area contributed by atoms with Gasteiger partial charge in [-0.1, -0.05) is 12.1 Å². The first-order chi connectivity index (χ1) is 22.6. The lowest BCUT2D eigenvalue weighted by atomic mass is 9.94. The summed E-state index contributed by atoms with van der Waals surface area (Å²) in [6.07, 6.45) is 0. The van der Waals surface area contributed by atoms with Crippen molar-refractivity contribution < 1.29 is 52.5 Å². The first-order valence-corrected chi connectivity index (χ1v) is 14.9. The van der Waals surface area contributed by atoms with Crippen molar-refractivity contribution in [3.8, 4) is 45.6 Å². The molecule has 12 heteroatoms. The van der Waals surface area contributed by atoms with Gasteiger partial charge in [0, 0.05) is 17.0 Å². The molecule has 0 unspecified atom stereocenters. The molecule has 3 heterocycles. The normalized spacial score (nSPS) is 13.3. The molecule has 0 atom stereocenters. The number of esters is 1. The number of pyridine rings is 1. The number of methoxy groups -OCH3 is 2. The molecule has 2 aliphatic heterocycles. The lowest BCUT2D eigenvalue weighted by Crippen LogP contribution is -2.15. The van der Waals surface area contributed by atoms with E-state index in [9.17, 15) is 4.79 Å². The summed E-state index contributed by atoms with van der Waals surface area (Å²) in [5, 5.41) is 9.44. The van der Waals surface area contributed by atoms with Crippen LogP contribution in [0.4, 0.5) is 0 Å². The Bertz CT molecular complexity index is 1710. The van der Waals surface area contributed by atoms with Crippen LogP contribution in [0.3, 0.4) is 0 Å². The molecular formula is C34H35NO11. The zero-order valence-corrected chi connectivity index (χ0v) is 25.7. The van der Waals surface area contributed by atoms with E-state index in [4.69, 9.17) is 52.7 Å². The summed E-state index contributed by atoms with van der Waals surface area (Å²) in [5.74, 6) is 2.95. The Morgan fingerprint density at radius 3 is 2.30 bits per heavy atom. The van der Waals surface area contributed by atoms with E-state index in [0.29, 0.717) is 108 Å². The zero-order valence-electron chi connectivity index (χ0n) is 25.7. The number of aromatic nitrogens is 1. The molecule has 1 aromatic heterocycles. The fourth-order valence-electron chi connectivity index (χ4n) is 5.30. The number of fused-ring (bicyclic) bond motifs is 3. The monoisotopic (exact) mass is 633 g/mol. The molecule has 0 spiro atoms. The number of benzene rings is 3. The third-order valence-electron chi connectivity index (χ3n) is 7.44. The number of hydrogen-bond donors (Lipinski definition) is 1. The number of aliphatic hydroxyl groups excluding tert-OH is 1. The first kappa shape index (κ1) is 31.2. The van der Waals surface area contributed by atoms with E-state index in [1.165, 1.54) is 0 Å². The minimum Gasteiger partial charge on any atom is -0.493 e. The number of carbonyl (C=O) groups is 1. The van der Waals surface area contributed by atoms with Gasteiger partial charge in [-0.05, 0) is 41.5 Å². The third-order valence-corrected chi connectivity index (χ3v) is 7.44. The Morgan fingerprint density at radius 2 is 1.50 bits per heavy atom. The molecule has 1 N–H and O–H groups in total. The molecule has 0 bridgehead atoms. The summed E-state index contributed by atoms with van der Waals surface area (Å²) < 4.78 is 50.9. The second-order valence-electron chi connectivity index (χ2n) is 10.3. The lowest BCUT2D eigenvalue weighted by molar-refractivity contribution is 0.0245. The van der Waals surface area contributed by atoms with Gasteiger partial charge in [0.05, 0.1) is 64.0 Å². The Hall–Kier alpha value is -4.78. The maximum Gasteiger partial charge on any atom is 0.341 e. The minimum absolute atomic E-state index is 0.0123. The number of carbonyl (C=O) groups excluding carboxylic acids is 1. The standard InChI is InChI=1S/C34H35NO11/c1-38-28-15-21(3-5-26(28)42-12-11-41-10-9-40-8-7-36)19-45-31-18-24-23(17-29(31)39-2)32(33-25(35-24)20-46-34(33)37)22-4-6-27-30(16-22)44-14-13-43-27/h3-6,15-18,36H,7-14,19-20H2,1-2H3. The van der Waals surface area contributed by atoms with Crippen LogP contribution in [0.2, 0.25) is 0 Å². The van der Waals surface area contributed by atoms with Crippen LogP contribution in [0.25, 0.3) is 22.0 Å². The Kier molecular flexibility index (Phi) is 9.87. The maximum atomic E-state index is 12.9. The van der Waals surface area contributed by atoms with E-state index in [0.717, 1.165) is 11.1 Å². The van der Waals surface area contributed by atoms with E-state index in [1.807, 2.05) is 48.5 Å². The van der Waals surface area contributed by atoms with Gasteiger partial charge in [-0.25, -0.2) is 9.78 Å². The lowest BCUT2D eigenvalue weighted by Gasteiger charge is -2.20. The third kappa shape index (κ3) is 6.74. The van der Waals surface area contributed by atoms with Crippen LogP contribution in [0.5, 0.6) is 34.5 Å². The number of rotatable bonds is 15. The topological polar surface area (TPSA) is 133 Å². The highest BCUT2D eigenvalue weighted by atomic mass is 16.6. The molecule has 242 valence electrons. The number of aliphatic hydroxyl groups is 1. The Morgan fingerprint density at radius 1 is 0.739 bits per heavy atom.